The number of ketones is 2. The van der Waals surface area contributed by atoms with E-state index in [1.54, 1.807) is 140 Å². The number of aromatic carboxylic acids is 1. The van der Waals surface area contributed by atoms with Gasteiger partial charge in [-0.2, -0.15) is 0 Å². The Labute approximate surface area is 1050 Å². The van der Waals surface area contributed by atoms with Gasteiger partial charge in [-0.3, -0.25) is 14.4 Å². The third kappa shape index (κ3) is 28.4. The van der Waals surface area contributed by atoms with Gasteiger partial charge in [0.15, 0.2) is 0 Å². The van der Waals surface area contributed by atoms with Crippen molar-refractivity contribution in [3.8, 4) is 64.8 Å². The Hall–Kier alpha value is 0.844. The standard InChI is InChI=1S/C19H9Cl2S4.C18H6Br2Cl2S4.C12H6Br2Cl2O2S2.C12H8Cl2O2S2.C10H2Cl2O2S2.C9H12ClNOS.C5H3ClO2S.C4H11N.CH2Cl2.CH4.3CH3.BBr3.Br2.Sn/c1-9-17(21)16-15(12-5-3-7-23-12)18-13(10(20)8-24-18)14(19(16)25-9)11-4-2-6-22-11;19-17-13(21)11-9(7-3-1-5-23-7)15-12(14(22)18(20)25-15)10(16(11)26-17)8-4-2-6-24-8;1-17-7-3-5(15)11(13)20-10(3)8(18-2)4-6(16)12(14)19-9(4)7;1-15-9-7-5(13)3-18-12(7)10(16-2)8-6(14)4-17-11(8)9;11-3-1-15-9-5(3)7(13)10-6(8(9)14)4(12)2-16-10;1-3-11(4-2)9(12)7-5-13-6-8(7)10;6-4-2-9-1-3(4)5(7)8;1-3-5-4-2;2-1-3;;;;;2-1(3)4;1-2;/h2-7H,1H3;1-6H;1-2H3;3-4H,1-2H3;1-2H;5-6H,3-4H2,1-2H3;1-2H,(H,7,8);5H,3-4H2,1-2H3;1H2;1H4;3*1H3;;;. The van der Waals surface area contributed by atoms with Gasteiger partial charge in [-0.15, -0.1) is 207 Å². The monoisotopic (exact) mass is 3210 g/mol. The normalized spacial score (nSPS) is 11.2. The quantitative estimate of drug-likeness (QED) is 0.0753. The van der Waals surface area contributed by atoms with Gasteiger partial charge < -0.3 is 34.3 Å². The number of fused-ring (bicyclic) bond motifs is 10. The Kier molecular flexibility index (Phi) is 52.4. The molecule has 0 fully saturated rings. The summed E-state index contributed by atoms with van der Waals surface area (Å²) in [6.07, 6.45) is 0. The van der Waals surface area contributed by atoms with Crippen LogP contribution in [0.2, 0.25) is 75.1 Å². The first-order chi connectivity index (χ1) is 69.1. The van der Waals surface area contributed by atoms with Gasteiger partial charge in [0.05, 0.1) is 172 Å². The molecule has 52 heteroatoms. The molecule has 0 bridgehead atoms. The van der Waals surface area contributed by atoms with E-state index in [1.807, 2.05) is 35.9 Å². The molecule has 776 valence electrons. The first kappa shape index (κ1) is 129. The summed E-state index contributed by atoms with van der Waals surface area (Å²) < 4.78 is 36.2. The minimum Gasteiger partial charge on any atom is -0.478 e. The molecule has 20 aromatic rings. The van der Waals surface area contributed by atoms with E-state index >= 15 is 0 Å². The first-order valence-electron chi connectivity index (χ1n) is 41.0. The molecule has 0 saturated heterocycles. The van der Waals surface area contributed by atoms with Crippen molar-refractivity contribution in [1.82, 2.24) is 10.2 Å². The fourth-order valence-corrected chi connectivity index (χ4v) is 43.9. The Morgan fingerprint density at radius 1 is 0.397 bits per heavy atom. The van der Waals surface area contributed by atoms with Gasteiger partial charge in [0, 0.05) is 125 Å². The average Bonchev–Trinajstić information content (AvgIpc) is 1.54. The van der Waals surface area contributed by atoms with Crippen LogP contribution in [0.4, 0.5) is 0 Å². The summed E-state index contributed by atoms with van der Waals surface area (Å²) in [7, 11) is 6.54. The van der Waals surface area contributed by atoms with Gasteiger partial charge in [0.1, 0.15) is 23.0 Å². The average molecular weight is 3230 g/mol. The molecule has 4 aromatic carbocycles. The van der Waals surface area contributed by atoms with Crippen molar-refractivity contribution in [2.75, 3.05) is 60.0 Å². The maximum atomic E-state index is 12.1. The number of carbonyl (C=O) groups excluding carboxylic acids is 3. The van der Waals surface area contributed by atoms with Crippen molar-refractivity contribution >= 4 is 612 Å². The van der Waals surface area contributed by atoms with E-state index in [2.05, 4.69) is 250 Å². The number of hydrogen-bond donors (Lipinski definition) is 2. The zero-order chi connectivity index (χ0) is 107. The zero-order valence-corrected chi connectivity index (χ0v) is 117. The topological polar surface area (TPSA) is 141 Å². The van der Waals surface area contributed by atoms with E-state index in [-0.39, 0.29) is 39.0 Å². The summed E-state index contributed by atoms with van der Waals surface area (Å²) in [4.78, 5) is 62.1. The minimum atomic E-state index is -2.40. The first-order valence-corrected chi connectivity index (χ1v) is 80.1. The van der Waals surface area contributed by atoms with Crippen molar-refractivity contribution in [3.05, 3.63) is 225 Å². The molecule has 21 rings (SSSR count). The summed E-state index contributed by atoms with van der Waals surface area (Å²) in [5.41, 5.74) is 6.34. The van der Waals surface area contributed by atoms with Crippen LogP contribution in [-0.4, -0.2) is 115 Å². The van der Waals surface area contributed by atoms with Crippen molar-refractivity contribution in [2.24, 2.45) is 0 Å². The Morgan fingerprint density at radius 2 is 0.699 bits per heavy atom. The number of hydrogen-bond acceptors (Lipinski definition) is 25. The number of ether oxygens (including phenoxy) is 4. The predicted molar refractivity (Wildman–Crippen MR) is 703 cm³/mol. The maximum absolute atomic E-state index is 12.1. The van der Waals surface area contributed by atoms with E-state index in [9.17, 15) is 19.2 Å². The van der Waals surface area contributed by atoms with Gasteiger partial charge >= 0.3 is 212 Å². The fourth-order valence-electron chi connectivity index (χ4n) is 14.5. The molecule has 1 aliphatic rings. The number of thiophene rings is 16. The van der Waals surface area contributed by atoms with Crippen LogP contribution in [0.25, 0.3) is 122 Å². The van der Waals surface area contributed by atoms with Crippen molar-refractivity contribution < 1.29 is 43.2 Å². The number of carbonyl (C=O) groups is 4. The molecule has 0 unspecified atom stereocenters. The second-order valence-electron chi connectivity index (χ2n) is 29.7. The minimum absolute atomic E-state index is 0. The van der Waals surface area contributed by atoms with Crippen LogP contribution >= 0.6 is 483 Å². The number of benzene rings is 4. The van der Waals surface area contributed by atoms with Gasteiger partial charge in [0.25, 0.3) is 5.91 Å². The molecule has 0 spiro atoms. The van der Waals surface area contributed by atoms with Crippen molar-refractivity contribution in [2.45, 2.75) is 56.9 Å². The van der Waals surface area contributed by atoms with Gasteiger partial charge in [0.2, 0.25) is 11.6 Å². The van der Waals surface area contributed by atoms with Crippen LogP contribution in [0.15, 0.2) is 128 Å². The number of rotatable bonds is 15. The third-order valence-corrected chi connectivity index (χ3v) is 55.6. The molecule has 146 heavy (non-hydrogen) atoms. The Morgan fingerprint density at radius 3 is 0.986 bits per heavy atom. The zero-order valence-electron chi connectivity index (χ0n) is 76.0. The number of nitrogens with one attached hydrogen (secondary N) is 1. The predicted octanol–water partition coefficient (Wildman–Crippen LogP) is 47.9. The summed E-state index contributed by atoms with van der Waals surface area (Å²) in [5, 5.41) is 49.5. The van der Waals surface area contributed by atoms with E-state index in [1.165, 1.54) is 175 Å². The van der Waals surface area contributed by atoms with E-state index < -0.39 is 24.3 Å². The molecule has 0 atom stereocenters. The molecular formula is C94H72BBr9Cl14N2O9S16Sn. The number of carboxylic acid groups (broad SMARTS) is 1. The summed E-state index contributed by atoms with van der Waals surface area (Å²) in [5.74, 6) is 1.63. The van der Waals surface area contributed by atoms with E-state index in [4.69, 9.17) is 186 Å². The van der Waals surface area contributed by atoms with Crippen LogP contribution in [-0.2, 0) is 0 Å². The molecule has 11 nitrogen and oxygen atoms in total. The largest absolute Gasteiger partial charge is 0.478 e. The molecule has 0 aliphatic heterocycles. The van der Waals surface area contributed by atoms with Crippen LogP contribution in [0.3, 0.4) is 0 Å². The van der Waals surface area contributed by atoms with Gasteiger partial charge in [-0.1, -0.05) is 149 Å². The Balaban J connectivity index is 0.000000174. The molecule has 16 heterocycles. The van der Waals surface area contributed by atoms with Crippen LogP contribution in [0.5, 0.6) is 23.0 Å². The molecule has 1 aliphatic carbocycles. The number of nitrogens with zero attached hydrogens (tertiary/aromatic N) is 1. The summed E-state index contributed by atoms with van der Waals surface area (Å²) in [6.45, 7) is 13.9. The number of halogens is 23. The van der Waals surface area contributed by atoms with E-state index in [0.717, 1.165) is 136 Å². The fraction of sp³-hybridized carbons (Fsp3) is 0.191. The van der Waals surface area contributed by atoms with Crippen LogP contribution in [0.1, 0.15) is 91.2 Å². The molecule has 16 aromatic heterocycles. The second-order valence-corrected chi connectivity index (χ2v) is 77.3. The smallest absolute Gasteiger partial charge is 0.338 e. The van der Waals surface area contributed by atoms with Crippen LogP contribution < -0.4 is 27.2 Å². The second kappa shape index (κ2) is 59.5. The molecule has 0 saturated carbocycles. The number of amides is 1. The van der Waals surface area contributed by atoms with Gasteiger partial charge in [-0.25, -0.2) is 4.79 Å². The SMILES string of the molecule is BrB(Br)Br.BrBr.C.CCN(CC)C(=O)c1cscc1Cl.CCNCC.COc1c2sc(Br)c(Cl)c2c(OC)c2sc(Br)c(Cl)c12.COc1c2scc(Cl)c2c(OC)c2scc(Cl)c12.Cc1sc2c(-c3cccs3)c3c(Cl)[c]([Sn]([CH3])([CH3])[CH3])sc3c(-c3cccs3)c2c1Cl.ClCCl.Clc1c(Br)sc2c(-c3cccs3)c3c(Cl)c(Br)sc3c(-c3cccs3)c12.O=C(O)c1cscc1Cl.O=C1c2scc(Cl)c2C(=O)c2scc(Cl)c21. The van der Waals surface area contributed by atoms with E-state index in [0.29, 0.717) is 66.6 Å². The number of methoxy groups -OCH3 is 4. The maximum Gasteiger partial charge on any atom is 0.338 e. The van der Waals surface area contributed by atoms with Gasteiger partial charge in [-0.05, 0) is 114 Å². The van der Waals surface area contributed by atoms with Crippen molar-refractivity contribution in [1.29, 1.82) is 0 Å². The van der Waals surface area contributed by atoms with Crippen molar-refractivity contribution in [3.63, 3.8) is 0 Å². The molecule has 1 amide bonds. The summed E-state index contributed by atoms with van der Waals surface area (Å²) in [6, 6.07) is 17.1. The molecule has 2 N–H and O–H groups in total. The number of alkyl halides is 2. The Bertz CT molecular complexity index is 7650. The summed E-state index contributed by atoms with van der Waals surface area (Å²) >= 11 is 137. The third-order valence-electron chi connectivity index (χ3n) is 20.4. The van der Waals surface area contributed by atoms with Crippen LogP contribution in [0, 0.1) is 6.92 Å². The molecule has 0 radical (unpaired) electrons. The number of carboxylic acids is 1. The molecular weight excluding hydrogens is 3160 g/mol. The number of aryl methyl sites for hydroxylation is 1.